The van der Waals surface area contributed by atoms with E-state index in [2.05, 4.69) is 10.3 Å². The third-order valence-corrected chi connectivity index (χ3v) is 5.87. The Balaban J connectivity index is 1.54. The predicted molar refractivity (Wildman–Crippen MR) is 121 cm³/mol. The molecule has 0 aliphatic carbocycles. The molecular weight excluding hydrogens is 451 g/mol. The van der Waals surface area contributed by atoms with Gasteiger partial charge in [-0.1, -0.05) is 46.9 Å². The van der Waals surface area contributed by atoms with Crippen LogP contribution in [0.1, 0.15) is 0 Å². The van der Waals surface area contributed by atoms with Gasteiger partial charge in [0.1, 0.15) is 10.8 Å². The van der Waals surface area contributed by atoms with Crippen molar-refractivity contribution in [3.8, 4) is 16.3 Å². The maximum atomic E-state index is 12.4. The van der Waals surface area contributed by atoms with Gasteiger partial charge < -0.3 is 10.1 Å². The number of nitrogens with one attached hydrogen (secondary N) is 1. The summed E-state index contributed by atoms with van der Waals surface area (Å²) in [5.41, 5.74) is 2.24. The number of carbonyl (C=O) groups is 1. The van der Waals surface area contributed by atoms with Crippen LogP contribution in [0.25, 0.3) is 20.8 Å². The van der Waals surface area contributed by atoms with E-state index in [0.717, 1.165) is 20.8 Å². The standard InChI is InChI=1S/C21H13Cl3N2O2S/c22-12-5-7-16(14(9-12)21-26-17-3-1-2-4-19(17)29-21)25-20(27)11-28-18-8-6-13(23)10-15(18)24/h1-10H,11H2,(H,25,27). The van der Waals surface area contributed by atoms with Crippen LogP contribution in [0.5, 0.6) is 5.75 Å². The number of fused-ring (bicyclic) bond motifs is 1. The van der Waals surface area contributed by atoms with Crippen LogP contribution >= 0.6 is 46.1 Å². The van der Waals surface area contributed by atoms with Crippen molar-refractivity contribution < 1.29 is 9.53 Å². The van der Waals surface area contributed by atoms with E-state index in [1.807, 2.05) is 24.3 Å². The lowest BCUT2D eigenvalue weighted by Crippen LogP contribution is -2.20. The number of hydrogen-bond donors (Lipinski definition) is 1. The van der Waals surface area contributed by atoms with Crippen LogP contribution in [-0.2, 0) is 4.79 Å². The molecule has 0 atom stereocenters. The minimum atomic E-state index is -0.333. The third-order valence-electron chi connectivity index (χ3n) is 4.03. The Morgan fingerprint density at radius 3 is 2.55 bits per heavy atom. The maximum Gasteiger partial charge on any atom is 0.262 e. The first-order valence-electron chi connectivity index (χ1n) is 8.53. The molecule has 1 aromatic heterocycles. The van der Waals surface area contributed by atoms with Gasteiger partial charge in [0.2, 0.25) is 0 Å². The molecule has 3 aromatic carbocycles. The molecule has 0 unspecified atom stereocenters. The summed E-state index contributed by atoms with van der Waals surface area (Å²) in [5, 5.41) is 5.02. The van der Waals surface area contributed by atoms with Gasteiger partial charge in [0.05, 0.1) is 20.9 Å². The molecule has 1 amide bonds. The zero-order valence-electron chi connectivity index (χ0n) is 14.8. The molecule has 1 N–H and O–H groups in total. The molecule has 8 heteroatoms. The van der Waals surface area contributed by atoms with E-state index in [1.165, 1.54) is 11.3 Å². The van der Waals surface area contributed by atoms with E-state index >= 15 is 0 Å². The van der Waals surface area contributed by atoms with Gasteiger partial charge in [-0.25, -0.2) is 4.98 Å². The SMILES string of the molecule is O=C(COc1ccc(Cl)cc1Cl)Nc1ccc(Cl)cc1-c1nc2ccccc2s1. The van der Waals surface area contributed by atoms with Crippen LogP contribution in [0.2, 0.25) is 15.1 Å². The van der Waals surface area contributed by atoms with Crippen molar-refractivity contribution in [2.24, 2.45) is 0 Å². The van der Waals surface area contributed by atoms with Gasteiger partial charge in [-0.05, 0) is 48.5 Å². The lowest BCUT2D eigenvalue weighted by molar-refractivity contribution is -0.118. The number of nitrogens with zero attached hydrogens (tertiary/aromatic N) is 1. The number of carbonyl (C=O) groups excluding carboxylic acids is 1. The topological polar surface area (TPSA) is 51.2 Å². The zero-order chi connectivity index (χ0) is 20.4. The molecule has 4 aromatic rings. The first kappa shape index (κ1) is 20.0. The van der Waals surface area contributed by atoms with Crippen LogP contribution in [0, 0.1) is 0 Å². The summed E-state index contributed by atoms with van der Waals surface area (Å²) in [5.74, 6) is 0.0504. The van der Waals surface area contributed by atoms with E-state index < -0.39 is 0 Å². The van der Waals surface area contributed by atoms with Crippen molar-refractivity contribution in [3.63, 3.8) is 0 Å². The summed E-state index contributed by atoms with van der Waals surface area (Å²) in [6.07, 6.45) is 0. The van der Waals surface area contributed by atoms with Crippen molar-refractivity contribution >= 4 is 68.0 Å². The van der Waals surface area contributed by atoms with E-state index in [4.69, 9.17) is 39.5 Å². The van der Waals surface area contributed by atoms with E-state index in [0.29, 0.717) is 26.5 Å². The van der Waals surface area contributed by atoms with Crippen molar-refractivity contribution in [1.29, 1.82) is 0 Å². The highest BCUT2D eigenvalue weighted by molar-refractivity contribution is 7.21. The van der Waals surface area contributed by atoms with Crippen molar-refractivity contribution in [3.05, 3.63) is 75.7 Å². The maximum absolute atomic E-state index is 12.4. The second kappa shape index (κ2) is 8.59. The largest absolute Gasteiger partial charge is 0.482 e. The number of aromatic nitrogens is 1. The van der Waals surface area contributed by atoms with E-state index in [9.17, 15) is 4.79 Å². The first-order valence-corrected chi connectivity index (χ1v) is 10.5. The number of anilines is 1. The average Bonchev–Trinajstić information content (AvgIpc) is 3.13. The average molecular weight is 464 g/mol. The first-order chi connectivity index (χ1) is 14.0. The van der Waals surface area contributed by atoms with Gasteiger partial charge in [0, 0.05) is 15.6 Å². The van der Waals surface area contributed by atoms with E-state index in [1.54, 1.807) is 36.4 Å². The summed E-state index contributed by atoms with van der Waals surface area (Å²) >= 11 is 19.7. The number of para-hydroxylation sites is 1. The second-order valence-corrected chi connectivity index (χ2v) is 8.40. The molecule has 4 nitrogen and oxygen atoms in total. The van der Waals surface area contributed by atoms with Gasteiger partial charge in [-0.2, -0.15) is 0 Å². The smallest absolute Gasteiger partial charge is 0.262 e. The molecule has 0 bridgehead atoms. The fourth-order valence-electron chi connectivity index (χ4n) is 2.71. The second-order valence-electron chi connectivity index (χ2n) is 6.09. The Morgan fingerprint density at radius 1 is 1.00 bits per heavy atom. The fraction of sp³-hybridized carbons (Fsp3) is 0.0476. The molecule has 1 heterocycles. The number of hydrogen-bond acceptors (Lipinski definition) is 4. The summed E-state index contributed by atoms with van der Waals surface area (Å²) < 4.78 is 6.56. The number of thiazole rings is 1. The minimum absolute atomic E-state index is 0.205. The lowest BCUT2D eigenvalue weighted by atomic mass is 10.2. The highest BCUT2D eigenvalue weighted by Crippen LogP contribution is 2.36. The molecule has 0 saturated carbocycles. The number of amides is 1. The van der Waals surface area contributed by atoms with Gasteiger partial charge in [0.15, 0.2) is 6.61 Å². The molecule has 4 rings (SSSR count). The minimum Gasteiger partial charge on any atom is -0.482 e. The highest BCUT2D eigenvalue weighted by atomic mass is 35.5. The Morgan fingerprint density at radius 2 is 1.76 bits per heavy atom. The van der Waals surface area contributed by atoms with Gasteiger partial charge in [0.25, 0.3) is 5.91 Å². The zero-order valence-corrected chi connectivity index (χ0v) is 17.9. The summed E-state index contributed by atoms with van der Waals surface area (Å²) in [7, 11) is 0. The Hall–Kier alpha value is -2.31. The molecule has 0 aliphatic heterocycles. The Bertz CT molecular complexity index is 1180. The summed E-state index contributed by atoms with van der Waals surface area (Å²) in [6.45, 7) is -0.205. The molecular formula is C21H13Cl3N2O2S. The molecule has 0 spiro atoms. The van der Waals surface area contributed by atoms with Crippen molar-refractivity contribution in [1.82, 2.24) is 4.98 Å². The summed E-state index contributed by atoms with van der Waals surface area (Å²) in [4.78, 5) is 17.1. The molecule has 0 saturated heterocycles. The molecule has 0 aliphatic rings. The lowest BCUT2D eigenvalue weighted by Gasteiger charge is -2.11. The number of rotatable bonds is 5. The third kappa shape index (κ3) is 4.65. The Kier molecular flexibility index (Phi) is 5.92. The van der Waals surface area contributed by atoms with Crippen molar-refractivity contribution in [2.75, 3.05) is 11.9 Å². The van der Waals surface area contributed by atoms with Crippen LogP contribution in [0.4, 0.5) is 5.69 Å². The highest BCUT2D eigenvalue weighted by Gasteiger charge is 2.14. The van der Waals surface area contributed by atoms with E-state index in [-0.39, 0.29) is 12.5 Å². The monoisotopic (exact) mass is 462 g/mol. The van der Waals surface area contributed by atoms with Crippen molar-refractivity contribution in [2.45, 2.75) is 0 Å². The van der Waals surface area contributed by atoms with Crippen LogP contribution in [-0.4, -0.2) is 17.5 Å². The summed E-state index contributed by atoms with van der Waals surface area (Å²) in [6, 6.07) is 17.9. The molecule has 29 heavy (non-hydrogen) atoms. The quantitative estimate of drug-likeness (QED) is 0.349. The molecule has 0 fully saturated rings. The number of benzene rings is 3. The fourth-order valence-corrected chi connectivity index (χ4v) is 4.34. The normalized spacial score (nSPS) is 10.9. The van der Waals surface area contributed by atoms with Gasteiger partial charge in [-0.15, -0.1) is 11.3 Å². The van der Waals surface area contributed by atoms with Crippen LogP contribution < -0.4 is 10.1 Å². The molecule has 146 valence electrons. The number of halogens is 3. The number of ether oxygens (including phenoxy) is 1. The predicted octanol–water partition coefficient (Wildman–Crippen LogP) is 6.94. The van der Waals surface area contributed by atoms with Gasteiger partial charge >= 0.3 is 0 Å². The molecule has 0 radical (unpaired) electrons. The Labute approximate surface area is 186 Å². The van der Waals surface area contributed by atoms with Gasteiger partial charge in [-0.3, -0.25) is 4.79 Å². The van der Waals surface area contributed by atoms with Crippen LogP contribution in [0.15, 0.2) is 60.7 Å². The van der Waals surface area contributed by atoms with Crippen LogP contribution in [0.3, 0.4) is 0 Å².